The topological polar surface area (TPSA) is 73.6 Å². The van der Waals surface area contributed by atoms with Gasteiger partial charge in [-0.1, -0.05) is 23.2 Å². The summed E-state index contributed by atoms with van der Waals surface area (Å²) in [6, 6.07) is 3.09. The van der Waals surface area contributed by atoms with Gasteiger partial charge in [0.2, 0.25) is 5.91 Å². The molecule has 1 aromatic rings. The van der Waals surface area contributed by atoms with Gasteiger partial charge in [-0.15, -0.1) is 0 Å². The van der Waals surface area contributed by atoms with Crippen molar-refractivity contribution < 1.29 is 14.3 Å². The molecule has 1 amide bonds. The standard InChI is InChI=1S/C14H18Cl2N2O3/c15-11-7-9(17)8-12(16)14(11)18-13(19)3-6-21-10-1-4-20-5-2-10/h7-8,10H,1-6,17H2,(H,18,19). The number of hydrogen-bond donors (Lipinski definition) is 2. The molecule has 2 rings (SSSR count). The Kier molecular flexibility index (Phi) is 6.11. The zero-order valence-corrected chi connectivity index (χ0v) is 13.0. The molecule has 3 N–H and O–H groups in total. The third-order valence-electron chi connectivity index (χ3n) is 3.18. The molecule has 1 aliphatic heterocycles. The molecule has 0 aliphatic carbocycles. The van der Waals surface area contributed by atoms with E-state index in [4.69, 9.17) is 38.4 Å². The fourth-order valence-corrected chi connectivity index (χ4v) is 2.67. The predicted molar refractivity (Wildman–Crippen MR) is 83.9 cm³/mol. The second kappa shape index (κ2) is 7.84. The van der Waals surface area contributed by atoms with Gasteiger partial charge in [-0.05, 0) is 25.0 Å². The molecule has 21 heavy (non-hydrogen) atoms. The van der Waals surface area contributed by atoms with Gasteiger partial charge in [0, 0.05) is 18.9 Å². The summed E-state index contributed by atoms with van der Waals surface area (Å²) in [6.07, 6.45) is 2.17. The van der Waals surface area contributed by atoms with Crippen LogP contribution in [0.3, 0.4) is 0 Å². The fourth-order valence-electron chi connectivity index (χ4n) is 2.07. The van der Waals surface area contributed by atoms with Crippen molar-refractivity contribution in [1.29, 1.82) is 0 Å². The maximum absolute atomic E-state index is 11.9. The lowest BCUT2D eigenvalue weighted by atomic mass is 10.1. The molecule has 0 spiro atoms. The summed E-state index contributed by atoms with van der Waals surface area (Å²) in [5.74, 6) is -0.198. The summed E-state index contributed by atoms with van der Waals surface area (Å²) in [4.78, 5) is 11.9. The van der Waals surface area contributed by atoms with Crippen molar-refractivity contribution in [3.05, 3.63) is 22.2 Å². The molecule has 5 nitrogen and oxygen atoms in total. The van der Waals surface area contributed by atoms with E-state index in [-0.39, 0.29) is 18.4 Å². The van der Waals surface area contributed by atoms with Crippen molar-refractivity contribution in [2.75, 3.05) is 30.9 Å². The molecular formula is C14H18Cl2N2O3. The van der Waals surface area contributed by atoms with Gasteiger partial charge in [-0.3, -0.25) is 4.79 Å². The molecule has 7 heteroatoms. The maximum atomic E-state index is 11.9. The number of rotatable bonds is 5. The molecule has 1 aliphatic rings. The number of hydrogen-bond acceptors (Lipinski definition) is 4. The van der Waals surface area contributed by atoms with Crippen LogP contribution in [0.4, 0.5) is 11.4 Å². The van der Waals surface area contributed by atoms with E-state index in [9.17, 15) is 4.79 Å². The van der Waals surface area contributed by atoms with Gasteiger partial charge in [0.1, 0.15) is 0 Å². The second-order valence-electron chi connectivity index (χ2n) is 4.84. The van der Waals surface area contributed by atoms with Crippen LogP contribution in [0.2, 0.25) is 10.0 Å². The summed E-state index contributed by atoms with van der Waals surface area (Å²) in [6.45, 7) is 1.79. The summed E-state index contributed by atoms with van der Waals surface area (Å²) >= 11 is 12.0. The first-order valence-electron chi connectivity index (χ1n) is 6.80. The third kappa shape index (κ3) is 5.04. The van der Waals surface area contributed by atoms with Crippen molar-refractivity contribution >= 4 is 40.5 Å². The van der Waals surface area contributed by atoms with E-state index < -0.39 is 0 Å². The predicted octanol–water partition coefficient (Wildman–Crippen LogP) is 3.10. The highest BCUT2D eigenvalue weighted by Crippen LogP contribution is 2.32. The number of anilines is 2. The molecule has 1 fully saturated rings. The van der Waals surface area contributed by atoms with Crippen LogP contribution in [-0.4, -0.2) is 31.8 Å². The molecule has 0 unspecified atom stereocenters. The van der Waals surface area contributed by atoms with Crippen LogP contribution >= 0.6 is 23.2 Å². The lowest BCUT2D eigenvalue weighted by Crippen LogP contribution is -2.25. The number of halogens is 2. The van der Waals surface area contributed by atoms with Crippen LogP contribution in [-0.2, 0) is 14.3 Å². The monoisotopic (exact) mass is 332 g/mol. The Hall–Kier alpha value is -1.01. The molecular weight excluding hydrogens is 315 g/mol. The minimum atomic E-state index is -0.198. The zero-order chi connectivity index (χ0) is 15.2. The van der Waals surface area contributed by atoms with Crippen LogP contribution in [0.25, 0.3) is 0 Å². The number of carbonyl (C=O) groups excluding carboxylic acids is 1. The van der Waals surface area contributed by atoms with Crippen molar-refractivity contribution in [3.8, 4) is 0 Å². The van der Waals surface area contributed by atoms with Crippen molar-refractivity contribution in [1.82, 2.24) is 0 Å². The Morgan fingerprint density at radius 1 is 1.33 bits per heavy atom. The Morgan fingerprint density at radius 3 is 2.57 bits per heavy atom. The molecule has 0 bridgehead atoms. The van der Waals surface area contributed by atoms with Crippen LogP contribution < -0.4 is 11.1 Å². The first kappa shape index (κ1) is 16.4. The molecule has 0 aromatic heterocycles. The molecule has 1 heterocycles. The van der Waals surface area contributed by atoms with Gasteiger partial charge in [0.15, 0.2) is 0 Å². The smallest absolute Gasteiger partial charge is 0.226 e. The number of benzene rings is 1. The largest absolute Gasteiger partial charge is 0.399 e. The van der Waals surface area contributed by atoms with Gasteiger partial charge in [-0.25, -0.2) is 0 Å². The highest BCUT2D eigenvalue weighted by Gasteiger charge is 2.15. The number of carbonyl (C=O) groups is 1. The van der Waals surface area contributed by atoms with Crippen LogP contribution in [0.15, 0.2) is 12.1 Å². The first-order valence-corrected chi connectivity index (χ1v) is 7.55. The van der Waals surface area contributed by atoms with Gasteiger partial charge >= 0.3 is 0 Å². The van der Waals surface area contributed by atoms with Gasteiger partial charge < -0.3 is 20.5 Å². The molecule has 0 saturated carbocycles. The summed E-state index contributed by atoms with van der Waals surface area (Å²) in [5.41, 5.74) is 6.44. The van der Waals surface area contributed by atoms with Crippen LogP contribution in [0, 0.1) is 0 Å². The fraction of sp³-hybridized carbons (Fsp3) is 0.500. The number of nitrogens with two attached hydrogens (primary N) is 1. The number of ether oxygens (including phenoxy) is 2. The summed E-state index contributed by atoms with van der Waals surface area (Å²) < 4.78 is 10.9. The molecule has 116 valence electrons. The lowest BCUT2D eigenvalue weighted by Gasteiger charge is -2.22. The zero-order valence-electron chi connectivity index (χ0n) is 11.5. The average molecular weight is 333 g/mol. The third-order valence-corrected chi connectivity index (χ3v) is 3.78. The SMILES string of the molecule is Nc1cc(Cl)c(NC(=O)CCOC2CCOCC2)c(Cl)c1. The summed E-state index contributed by atoms with van der Waals surface area (Å²) in [5, 5.41) is 3.32. The number of nitrogens with one attached hydrogen (secondary N) is 1. The van der Waals surface area contributed by atoms with E-state index in [1.54, 1.807) is 12.1 Å². The summed E-state index contributed by atoms with van der Waals surface area (Å²) in [7, 11) is 0. The quantitative estimate of drug-likeness (QED) is 0.812. The van der Waals surface area contributed by atoms with Crippen molar-refractivity contribution in [2.24, 2.45) is 0 Å². The van der Waals surface area contributed by atoms with Gasteiger partial charge in [0.25, 0.3) is 0 Å². The highest BCUT2D eigenvalue weighted by atomic mass is 35.5. The van der Waals surface area contributed by atoms with E-state index in [0.29, 0.717) is 41.2 Å². The van der Waals surface area contributed by atoms with Crippen LogP contribution in [0.1, 0.15) is 19.3 Å². The van der Waals surface area contributed by atoms with E-state index >= 15 is 0 Å². The van der Waals surface area contributed by atoms with E-state index in [1.807, 2.05) is 0 Å². The number of nitrogen functional groups attached to an aromatic ring is 1. The van der Waals surface area contributed by atoms with E-state index in [1.165, 1.54) is 0 Å². The van der Waals surface area contributed by atoms with Crippen molar-refractivity contribution in [2.45, 2.75) is 25.4 Å². The Balaban J connectivity index is 1.79. The van der Waals surface area contributed by atoms with Crippen molar-refractivity contribution in [3.63, 3.8) is 0 Å². The normalized spacial score (nSPS) is 15.9. The highest BCUT2D eigenvalue weighted by molar-refractivity contribution is 6.40. The molecule has 1 aromatic carbocycles. The molecule has 0 radical (unpaired) electrons. The Morgan fingerprint density at radius 2 is 1.95 bits per heavy atom. The van der Waals surface area contributed by atoms with E-state index in [0.717, 1.165) is 12.8 Å². The first-order chi connectivity index (χ1) is 10.1. The van der Waals surface area contributed by atoms with Crippen LogP contribution in [0.5, 0.6) is 0 Å². The van der Waals surface area contributed by atoms with E-state index in [2.05, 4.69) is 5.32 Å². The lowest BCUT2D eigenvalue weighted by molar-refractivity contribution is -0.118. The average Bonchev–Trinajstić information content (AvgIpc) is 2.44. The minimum Gasteiger partial charge on any atom is -0.399 e. The second-order valence-corrected chi connectivity index (χ2v) is 5.65. The number of amides is 1. The van der Waals surface area contributed by atoms with Gasteiger partial charge in [-0.2, -0.15) is 0 Å². The maximum Gasteiger partial charge on any atom is 0.226 e. The Bertz CT molecular complexity index is 482. The van der Waals surface area contributed by atoms with Gasteiger partial charge in [0.05, 0.1) is 34.9 Å². The molecule has 1 saturated heterocycles. The minimum absolute atomic E-state index is 0.176. The Labute approximate surface area is 133 Å². The molecule has 0 atom stereocenters.